The van der Waals surface area contributed by atoms with Crippen LogP contribution in [0.15, 0.2) is 47.6 Å². The van der Waals surface area contributed by atoms with Crippen LogP contribution in [0.25, 0.3) is 0 Å². The molecular formula is C20H26ClN5O. The lowest BCUT2D eigenvalue weighted by Gasteiger charge is -2.20. The smallest absolute Gasteiger partial charge is 0.191 e. The van der Waals surface area contributed by atoms with Gasteiger partial charge >= 0.3 is 0 Å². The van der Waals surface area contributed by atoms with Crippen LogP contribution in [0.3, 0.4) is 0 Å². The summed E-state index contributed by atoms with van der Waals surface area (Å²) in [5.41, 5.74) is 2.37. The Morgan fingerprint density at radius 1 is 1.30 bits per heavy atom. The summed E-state index contributed by atoms with van der Waals surface area (Å²) in [7, 11) is 3.50. The monoisotopic (exact) mass is 387 g/mol. The largest absolute Gasteiger partial charge is 0.380 e. The van der Waals surface area contributed by atoms with E-state index in [1.807, 2.05) is 12.1 Å². The number of nitrogens with zero attached hydrogens (tertiary/aromatic N) is 3. The zero-order valence-electron chi connectivity index (χ0n) is 15.8. The molecule has 0 saturated carbocycles. The topological polar surface area (TPSA) is 61.8 Å². The minimum absolute atomic E-state index is 0.304. The highest BCUT2D eigenvalue weighted by Crippen LogP contribution is 2.25. The molecule has 0 spiro atoms. The van der Waals surface area contributed by atoms with Crippen LogP contribution < -0.4 is 15.5 Å². The SMILES string of the molecule is CN=C(NCc1ccc(COC)cc1)NC1CCN(c2ncccc2Cl)C1. The molecule has 1 atom stereocenters. The van der Waals surface area contributed by atoms with Crippen LogP contribution in [0.1, 0.15) is 17.5 Å². The molecule has 144 valence electrons. The van der Waals surface area contributed by atoms with E-state index in [1.165, 1.54) is 11.1 Å². The average molecular weight is 388 g/mol. The Hall–Kier alpha value is -2.31. The lowest BCUT2D eigenvalue weighted by Crippen LogP contribution is -2.44. The highest BCUT2D eigenvalue weighted by Gasteiger charge is 2.25. The highest BCUT2D eigenvalue weighted by atomic mass is 35.5. The number of rotatable bonds is 6. The fraction of sp³-hybridized carbons (Fsp3) is 0.400. The molecule has 1 aliphatic heterocycles. The molecule has 1 fully saturated rings. The standard InChI is InChI=1S/C20H26ClN5O/c1-22-20(24-12-15-5-7-16(8-6-15)14-27-2)25-17-9-11-26(13-17)19-18(21)4-3-10-23-19/h3-8,10,17H,9,11-14H2,1-2H3,(H2,22,24,25). The zero-order valence-corrected chi connectivity index (χ0v) is 16.5. The van der Waals surface area contributed by atoms with Gasteiger partial charge < -0.3 is 20.3 Å². The molecule has 2 aromatic rings. The first-order valence-corrected chi connectivity index (χ1v) is 9.47. The summed E-state index contributed by atoms with van der Waals surface area (Å²) >= 11 is 6.26. The summed E-state index contributed by atoms with van der Waals surface area (Å²) in [6.07, 6.45) is 2.79. The highest BCUT2D eigenvalue weighted by molar-refractivity contribution is 6.32. The number of ether oxygens (including phenoxy) is 1. The van der Waals surface area contributed by atoms with E-state index in [2.05, 4.69) is 49.8 Å². The van der Waals surface area contributed by atoms with E-state index in [0.717, 1.165) is 37.8 Å². The summed E-state index contributed by atoms with van der Waals surface area (Å²) in [6, 6.07) is 12.4. The number of hydrogen-bond donors (Lipinski definition) is 2. The van der Waals surface area contributed by atoms with Crippen LogP contribution in [0.5, 0.6) is 0 Å². The minimum Gasteiger partial charge on any atom is -0.380 e. The normalized spacial score (nSPS) is 17.2. The molecule has 2 heterocycles. The third-order valence-electron chi connectivity index (χ3n) is 4.59. The minimum atomic E-state index is 0.304. The third kappa shape index (κ3) is 5.34. The fourth-order valence-electron chi connectivity index (χ4n) is 3.17. The first-order chi connectivity index (χ1) is 13.2. The zero-order chi connectivity index (χ0) is 19.1. The van der Waals surface area contributed by atoms with Gasteiger partial charge in [0.2, 0.25) is 0 Å². The number of hydrogen-bond acceptors (Lipinski definition) is 4. The van der Waals surface area contributed by atoms with E-state index in [-0.39, 0.29) is 0 Å². The Labute approximate surface area is 165 Å². The number of pyridine rings is 1. The fourth-order valence-corrected chi connectivity index (χ4v) is 3.42. The molecule has 3 rings (SSSR count). The van der Waals surface area contributed by atoms with Crippen molar-refractivity contribution in [2.75, 3.05) is 32.1 Å². The molecule has 0 aliphatic carbocycles. The van der Waals surface area contributed by atoms with Gasteiger partial charge in [-0.15, -0.1) is 0 Å². The molecule has 0 bridgehead atoms. The Morgan fingerprint density at radius 3 is 2.78 bits per heavy atom. The van der Waals surface area contributed by atoms with Gasteiger partial charge in [0.15, 0.2) is 5.96 Å². The summed E-state index contributed by atoms with van der Waals surface area (Å²) in [4.78, 5) is 11.0. The molecule has 0 radical (unpaired) electrons. The van der Waals surface area contributed by atoms with Crippen LogP contribution in [-0.2, 0) is 17.9 Å². The Morgan fingerprint density at radius 2 is 2.07 bits per heavy atom. The predicted molar refractivity (Wildman–Crippen MR) is 110 cm³/mol. The van der Waals surface area contributed by atoms with E-state index in [9.17, 15) is 0 Å². The number of aliphatic imine (C=N–C) groups is 1. The van der Waals surface area contributed by atoms with Crippen LogP contribution in [0, 0.1) is 0 Å². The summed E-state index contributed by atoms with van der Waals surface area (Å²) in [5.74, 6) is 1.65. The van der Waals surface area contributed by atoms with Gasteiger partial charge in [-0.3, -0.25) is 4.99 Å². The van der Waals surface area contributed by atoms with Gasteiger partial charge in [-0.25, -0.2) is 4.98 Å². The third-order valence-corrected chi connectivity index (χ3v) is 4.88. The van der Waals surface area contributed by atoms with Crippen molar-refractivity contribution in [1.29, 1.82) is 0 Å². The van der Waals surface area contributed by atoms with E-state index < -0.39 is 0 Å². The molecule has 1 unspecified atom stereocenters. The molecule has 1 aromatic carbocycles. The molecule has 1 aromatic heterocycles. The summed E-state index contributed by atoms with van der Waals surface area (Å²) in [6.45, 7) is 3.13. The number of halogens is 1. The Balaban J connectivity index is 1.50. The van der Waals surface area contributed by atoms with E-state index in [1.54, 1.807) is 20.4 Å². The molecule has 27 heavy (non-hydrogen) atoms. The molecule has 7 heteroatoms. The van der Waals surface area contributed by atoms with Gasteiger partial charge in [-0.1, -0.05) is 35.9 Å². The second-order valence-corrected chi connectivity index (χ2v) is 6.97. The number of benzene rings is 1. The number of nitrogens with one attached hydrogen (secondary N) is 2. The van der Waals surface area contributed by atoms with Crippen molar-refractivity contribution >= 4 is 23.4 Å². The van der Waals surface area contributed by atoms with Gasteiger partial charge in [0.1, 0.15) is 5.82 Å². The summed E-state index contributed by atoms with van der Waals surface area (Å²) < 4.78 is 5.14. The molecule has 2 N–H and O–H groups in total. The second kappa shape index (κ2) is 9.58. The number of anilines is 1. The van der Waals surface area contributed by atoms with Gasteiger partial charge in [0, 0.05) is 46.0 Å². The maximum atomic E-state index is 6.26. The van der Waals surface area contributed by atoms with Crippen molar-refractivity contribution in [3.63, 3.8) is 0 Å². The maximum Gasteiger partial charge on any atom is 0.191 e. The van der Waals surface area contributed by atoms with Crippen LogP contribution in [0.2, 0.25) is 5.02 Å². The first-order valence-electron chi connectivity index (χ1n) is 9.09. The lowest BCUT2D eigenvalue weighted by molar-refractivity contribution is 0.185. The van der Waals surface area contributed by atoms with Crippen molar-refractivity contribution in [3.8, 4) is 0 Å². The van der Waals surface area contributed by atoms with Crippen molar-refractivity contribution in [2.24, 2.45) is 4.99 Å². The quantitative estimate of drug-likeness (QED) is 0.589. The first kappa shape index (κ1) is 19.5. The van der Waals surface area contributed by atoms with Crippen molar-refractivity contribution in [1.82, 2.24) is 15.6 Å². The number of guanidine groups is 1. The number of methoxy groups -OCH3 is 1. The lowest BCUT2D eigenvalue weighted by atomic mass is 10.1. The van der Waals surface area contributed by atoms with Gasteiger partial charge in [0.25, 0.3) is 0 Å². The van der Waals surface area contributed by atoms with Crippen LogP contribution in [0.4, 0.5) is 5.82 Å². The van der Waals surface area contributed by atoms with E-state index in [0.29, 0.717) is 17.7 Å². The van der Waals surface area contributed by atoms with Crippen LogP contribution >= 0.6 is 11.6 Å². The number of aromatic nitrogens is 1. The molecule has 1 aliphatic rings. The average Bonchev–Trinajstić information content (AvgIpc) is 3.15. The summed E-state index contributed by atoms with van der Waals surface area (Å²) in [5, 5.41) is 7.56. The molecular weight excluding hydrogens is 362 g/mol. The van der Waals surface area contributed by atoms with E-state index in [4.69, 9.17) is 16.3 Å². The Bertz CT molecular complexity index is 765. The Kier molecular flexibility index (Phi) is 6.90. The molecule has 0 amide bonds. The van der Waals surface area contributed by atoms with Gasteiger partial charge in [-0.05, 0) is 29.7 Å². The maximum absolute atomic E-state index is 6.26. The van der Waals surface area contributed by atoms with Gasteiger partial charge in [-0.2, -0.15) is 0 Å². The van der Waals surface area contributed by atoms with Crippen molar-refractivity contribution in [3.05, 3.63) is 58.7 Å². The molecule has 6 nitrogen and oxygen atoms in total. The molecule has 1 saturated heterocycles. The second-order valence-electron chi connectivity index (χ2n) is 6.56. The van der Waals surface area contributed by atoms with Crippen LogP contribution in [-0.4, -0.2) is 44.2 Å². The van der Waals surface area contributed by atoms with Crippen molar-refractivity contribution < 1.29 is 4.74 Å². The predicted octanol–water partition coefficient (Wildman–Crippen LogP) is 2.83. The van der Waals surface area contributed by atoms with E-state index >= 15 is 0 Å². The van der Waals surface area contributed by atoms with Crippen molar-refractivity contribution in [2.45, 2.75) is 25.6 Å². The van der Waals surface area contributed by atoms with Gasteiger partial charge in [0.05, 0.1) is 11.6 Å².